The number of benzene rings is 2. The minimum Gasteiger partial charge on any atom is -0.434 e. The number of rotatable bonds is 5. The first kappa shape index (κ1) is 20.4. The second-order valence-electron chi connectivity index (χ2n) is 8.29. The molecular weight excluding hydrogens is 423 g/mol. The molecule has 1 unspecified atom stereocenters. The molecule has 1 aliphatic carbocycles. The van der Waals surface area contributed by atoms with E-state index in [1.54, 1.807) is 12.1 Å². The minimum atomic E-state index is -0.831. The zero-order valence-electron chi connectivity index (χ0n) is 16.9. The molecule has 3 aromatic rings. The van der Waals surface area contributed by atoms with E-state index in [1.807, 2.05) is 0 Å². The maximum Gasteiger partial charge on any atom is 0.408 e. The van der Waals surface area contributed by atoms with Crippen molar-refractivity contribution in [3.63, 3.8) is 0 Å². The normalized spacial score (nSPS) is 22.3. The third-order valence-electron chi connectivity index (χ3n) is 6.18. The van der Waals surface area contributed by atoms with Crippen molar-refractivity contribution >= 4 is 22.9 Å². The number of aromatic amines is 1. The van der Waals surface area contributed by atoms with Gasteiger partial charge < -0.3 is 20.4 Å². The summed E-state index contributed by atoms with van der Waals surface area (Å²) in [6, 6.07) is 8.00. The van der Waals surface area contributed by atoms with Crippen LogP contribution in [0.15, 0.2) is 36.4 Å². The van der Waals surface area contributed by atoms with Crippen LogP contribution in [-0.4, -0.2) is 36.2 Å². The molecule has 1 aromatic heterocycles. The Kier molecular flexibility index (Phi) is 5.03. The number of alkyl carbamates (subject to hydrolysis) is 1. The third-order valence-corrected chi connectivity index (χ3v) is 6.18. The Morgan fingerprint density at radius 3 is 2.53 bits per heavy atom. The average Bonchev–Trinajstić information content (AvgIpc) is 3.32. The molecule has 2 aliphatic rings. The number of carbonyl (C=O) groups excluding carboxylic acids is 2. The molecule has 9 heteroatoms. The second kappa shape index (κ2) is 7.89. The molecule has 5 rings (SSSR count). The number of H-pyrrole nitrogens is 1. The summed E-state index contributed by atoms with van der Waals surface area (Å²) in [5, 5.41) is 5.70. The predicted octanol–water partition coefficient (Wildman–Crippen LogP) is 3.97. The Morgan fingerprint density at radius 1 is 1.09 bits per heavy atom. The smallest absolute Gasteiger partial charge is 0.408 e. The fourth-order valence-electron chi connectivity index (χ4n) is 4.54. The third kappa shape index (κ3) is 3.68. The quantitative estimate of drug-likeness (QED) is 0.558. The number of amides is 2. The summed E-state index contributed by atoms with van der Waals surface area (Å²) < 4.78 is 46.7. The highest BCUT2D eigenvalue weighted by molar-refractivity contribution is 5.92. The standard InChI is InChI=1S/C23H20F3N3O3/c24-14-3-1-12(2-4-14)20-19(16-7-15(25)8-17(26)21(16)29-20)13-5-11(6-13)9-27-22(30)18-10-28-23(31)32-18/h1-4,7-8,11,13,18,29H,5-6,9-10H2,(H,27,30)(H,28,31)/t11-,13-,18?. The van der Waals surface area contributed by atoms with Gasteiger partial charge in [-0.05, 0) is 66.1 Å². The second-order valence-corrected chi connectivity index (χ2v) is 8.29. The number of aromatic nitrogens is 1. The maximum absolute atomic E-state index is 14.4. The molecule has 2 amide bonds. The maximum atomic E-state index is 14.4. The number of carbonyl (C=O) groups is 2. The van der Waals surface area contributed by atoms with Crippen LogP contribution in [0, 0.1) is 23.4 Å². The van der Waals surface area contributed by atoms with Gasteiger partial charge in [-0.1, -0.05) is 0 Å². The van der Waals surface area contributed by atoms with E-state index in [2.05, 4.69) is 15.6 Å². The summed E-state index contributed by atoms with van der Waals surface area (Å²) >= 11 is 0. The highest BCUT2D eigenvalue weighted by atomic mass is 19.1. The molecule has 32 heavy (non-hydrogen) atoms. The summed E-state index contributed by atoms with van der Waals surface area (Å²) in [4.78, 5) is 26.2. The van der Waals surface area contributed by atoms with E-state index in [1.165, 1.54) is 18.2 Å². The highest BCUT2D eigenvalue weighted by Gasteiger charge is 2.36. The van der Waals surface area contributed by atoms with E-state index in [0.717, 1.165) is 11.6 Å². The van der Waals surface area contributed by atoms with Crippen molar-refractivity contribution in [2.24, 2.45) is 5.92 Å². The van der Waals surface area contributed by atoms with Crippen molar-refractivity contribution in [1.82, 2.24) is 15.6 Å². The summed E-state index contributed by atoms with van der Waals surface area (Å²) in [5.74, 6) is -1.88. The molecular formula is C23H20F3N3O3. The van der Waals surface area contributed by atoms with Crippen LogP contribution in [0.2, 0.25) is 0 Å². The first-order valence-corrected chi connectivity index (χ1v) is 10.4. The predicted molar refractivity (Wildman–Crippen MR) is 110 cm³/mol. The fraction of sp³-hybridized carbons (Fsp3) is 0.304. The number of hydrogen-bond acceptors (Lipinski definition) is 3. The lowest BCUT2D eigenvalue weighted by atomic mass is 9.70. The van der Waals surface area contributed by atoms with Gasteiger partial charge in [0.05, 0.1) is 17.8 Å². The molecule has 0 radical (unpaired) electrons. The van der Waals surface area contributed by atoms with Crippen molar-refractivity contribution in [1.29, 1.82) is 0 Å². The lowest BCUT2D eigenvalue weighted by Crippen LogP contribution is -2.41. The van der Waals surface area contributed by atoms with E-state index in [-0.39, 0.29) is 35.6 Å². The van der Waals surface area contributed by atoms with Gasteiger partial charge in [0.2, 0.25) is 0 Å². The number of ether oxygens (including phenoxy) is 1. The molecule has 6 nitrogen and oxygen atoms in total. The number of nitrogens with one attached hydrogen (secondary N) is 3. The molecule has 1 saturated heterocycles. The number of hydrogen-bond donors (Lipinski definition) is 3. The molecule has 0 bridgehead atoms. The molecule has 2 aromatic carbocycles. The lowest BCUT2D eigenvalue weighted by Gasteiger charge is -2.36. The Bertz CT molecular complexity index is 1200. The van der Waals surface area contributed by atoms with Crippen LogP contribution >= 0.6 is 0 Å². The van der Waals surface area contributed by atoms with Gasteiger partial charge in [0.1, 0.15) is 17.5 Å². The average molecular weight is 443 g/mol. The Labute approximate surface area is 181 Å². The van der Waals surface area contributed by atoms with Crippen molar-refractivity contribution < 1.29 is 27.5 Å². The summed E-state index contributed by atoms with van der Waals surface area (Å²) in [5.41, 5.74) is 2.33. The molecule has 2 fully saturated rings. The molecule has 2 heterocycles. The molecule has 1 atom stereocenters. The van der Waals surface area contributed by atoms with Gasteiger partial charge >= 0.3 is 6.09 Å². The van der Waals surface area contributed by atoms with E-state index >= 15 is 0 Å². The lowest BCUT2D eigenvalue weighted by molar-refractivity contribution is -0.128. The summed E-state index contributed by atoms with van der Waals surface area (Å²) in [7, 11) is 0. The van der Waals surface area contributed by atoms with Crippen molar-refractivity contribution in [2.75, 3.05) is 13.1 Å². The van der Waals surface area contributed by atoms with E-state index in [0.29, 0.717) is 36.0 Å². The van der Waals surface area contributed by atoms with Gasteiger partial charge in [-0.25, -0.2) is 18.0 Å². The van der Waals surface area contributed by atoms with Crippen molar-refractivity contribution in [2.45, 2.75) is 24.9 Å². The topological polar surface area (TPSA) is 83.2 Å². The Balaban J connectivity index is 1.36. The van der Waals surface area contributed by atoms with Crippen LogP contribution in [0.3, 0.4) is 0 Å². The van der Waals surface area contributed by atoms with Crippen LogP contribution in [-0.2, 0) is 9.53 Å². The van der Waals surface area contributed by atoms with E-state index in [4.69, 9.17) is 4.74 Å². The molecule has 1 aliphatic heterocycles. The SMILES string of the molecule is O=C1NCC(C(=O)NC[C@H]2C[C@H](c3c(-c4ccc(F)cc4)[nH]c4c(F)cc(F)cc43)C2)O1. The van der Waals surface area contributed by atoms with Crippen molar-refractivity contribution in [3.05, 3.63) is 59.4 Å². The van der Waals surface area contributed by atoms with Crippen LogP contribution in [0.5, 0.6) is 0 Å². The Hall–Kier alpha value is -3.49. The largest absolute Gasteiger partial charge is 0.434 e. The van der Waals surface area contributed by atoms with Gasteiger partial charge in [-0.2, -0.15) is 0 Å². The van der Waals surface area contributed by atoms with Gasteiger partial charge in [0, 0.05) is 18.0 Å². The minimum absolute atomic E-state index is 0.0258. The monoisotopic (exact) mass is 443 g/mol. The number of cyclic esters (lactones) is 1. The van der Waals surface area contributed by atoms with Crippen LogP contribution in [0.1, 0.15) is 24.3 Å². The molecule has 166 valence electrons. The van der Waals surface area contributed by atoms with Gasteiger partial charge in [0.15, 0.2) is 6.10 Å². The highest BCUT2D eigenvalue weighted by Crippen LogP contribution is 2.48. The van der Waals surface area contributed by atoms with Gasteiger partial charge in [-0.15, -0.1) is 0 Å². The zero-order valence-corrected chi connectivity index (χ0v) is 16.9. The Morgan fingerprint density at radius 2 is 1.84 bits per heavy atom. The number of halogens is 3. The van der Waals surface area contributed by atoms with Crippen LogP contribution in [0.4, 0.5) is 18.0 Å². The van der Waals surface area contributed by atoms with Crippen molar-refractivity contribution in [3.8, 4) is 11.3 Å². The van der Waals surface area contributed by atoms with Crippen LogP contribution in [0.25, 0.3) is 22.2 Å². The first-order valence-electron chi connectivity index (χ1n) is 10.4. The molecule has 0 spiro atoms. The molecule has 1 saturated carbocycles. The number of fused-ring (bicyclic) bond motifs is 1. The van der Waals surface area contributed by atoms with Crippen LogP contribution < -0.4 is 10.6 Å². The first-order chi connectivity index (χ1) is 15.4. The summed E-state index contributed by atoms with van der Waals surface area (Å²) in [6.45, 7) is 0.561. The zero-order chi connectivity index (χ0) is 22.4. The summed E-state index contributed by atoms with van der Waals surface area (Å²) in [6.07, 6.45) is -0.0196. The van der Waals surface area contributed by atoms with E-state index in [9.17, 15) is 22.8 Å². The van der Waals surface area contributed by atoms with Gasteiger partial charge in [-0.3, -0.25) is 4.79 Å². The fourth-order valence-corrected chi connectivity index (χ4v) is 4.54. The van der Waals surface area contributed by atoms with E-state index < -0.39 is 23.8 Å². The molecule has 3 N–H and O–H groups in total. The van der Waals surface area contributed by atoms with Gasteiger partial charge in [0.25, 0.3) is 5.91 Å².